The molecule has 0 bridgehead atoms. The number of H-pyrrole nitrogens is 2. The second-order valence-corrected chi connectivity index (χ2v) is 10.5. The van der Waals surface area contributed by atoms with E-state index in [1.807, 2.05) is 0 Å². The van der Waals surface area contributed by atoms with E-state index in [4.69, 9.17) is 9.98 Å². The van der Waals surface area contributed by atoms with E-state index in [2.05, 4.69) is 91.4 Å². The van der Waals surface area contributed by atoms with Gasteiger partial charge in [-0.1, -0.05) is 27.7 Å². The maximum atomic E-state index is 5.18. The Bertz CT molecular complexity index is 1310. The number of rotatable bonds is 8. The van der Waals surface area contributed by atoms with E-state index in [-0.39, 0.29) is 0 Å². The monoisotopic (exact) mass is 496 g/mol. The maximum Gasteiger partial charge on any atom is 0.0686 e. The van der Waals surface area contributed by atoms with Gasteiger partial charge >= 0.3 is 0 Å². The van der Waals surface area contributed by atoms with Crippen molar-refractivity contribution >= 4 is 23.6 Å². The van der Waals surface area contributed by atoms with Crippen LogP contribution in [0.4, 0.5) is 0 Å². The van der Waals surface area contributed by atoms with E-state index in [9.17, 15) is 0 Å². The van der Waals surface area contributed by atoms with Gasteiger partial charge in [-0.15, -0.1) is 0 Å². The fourth-order valence-electron chi connectivity index (χ4n) is 6.26. The predicted molar refractivity (Wildman–Crippen MR) is 161 cm³/mol. The van der Waals surface area contributed by atoms with Crippen molar-refractivity contribution in [3.05, 3.63) is 78.7 Å². The topological polar surface area (TPSA) is 56.3 Å². The second-order valence-electron chi connectivity index (χ2n) is 10.5. The fourth-order valence-corrected chi connectivity index (χ4v) is 6.26. The summed E-state index contributed by atoms with van der Waals surface area (Å²) in [5.41, 5.74) is 20.2. The van der Waals surface area contributed by atoms with E-state index in [1.165, 1.54) is 78.7 Å². The minimum absolute atomic E-state index is 0.779. The molecule has 2 N–H and O–H groups in total. The summed E-state index contributed by atoms with van der Waals surface area (Å²) >= 11 is 0. The smallest absolute Gasteiger partial charge is 0.0686 e. The van der Waals surface area contributed by atoms with Crippen molar-refractivity contribution in [3.63, 3.8) is 0 Å². The molecular weight excluding hydrogens is 452 g/mol. The van der Waals surface area contributed by atoms with Crippen LogP contribution in [0.1, 0.15) is 106 Å². The van der Waals surface area contributed by atoms with Crippen molar-refractivity contribution in [3.8, 4) is 0 Å². The second kappa shape index (κ2) is 10.7. The number of aromatic amines is 2. The van der Waals surface area contributed by atoms with Gasteiger partial charge < -0.3 is 9.97 Å². The average molecular weight is 497 g/mol. The van der Waals surface area contributed by atoms with Gasteiger partial charge in [0.15, 0.2) is 0 Å². The molecule has 2 aromatic rings. The number of nitrogens with zero attached hydrogens (tertiary/aromatic N) is 2. The van der Waals surface area contributed by atoms with E-state index in [0.29, 0.717) is 0 Å². The third-order valence-electron chi connectivity index (χ3n) is 8.46. The fraction of sp³-hybridized carbons (Fsp3) is 0.455. The molecule has 4 heterocycles. The highest BCUT2D eigenvalue weighted by Crippen LogP contribution is 2.35. The molecule has 0 saturated heterocycles. The Kier molecular flexibility index (Phi) is 7.77. The number of aromatic nitrogens is 2. The molecule has 0 spiro atoms. The average Bonchev–Trinajstić information content (AvgIpc) is 3.51. The summed E-state index contributed by atoms with van der Waals surface area (Å²) in [6.45, 7) is 22.1. The molecule has 0 unspecified atom stereocenters. The molecular formula is C33H44N4. The molecule has 2 aliphatic rings. The van der Waals surface area contributed by atoms with Crippen molar-refractivity contribution in [2.45, 2.75) is 101 Å². The lowest BCUT2D eigenvalue weighted by Crippen LogP contribution is -2.10. The molecule has 4 rings (SSSR count). The number of aryl methyl sites for hydroxylation is 2. The summed E-state index contributed by atoms with van der Waals surface area (Å²) < 4.78 is 0. The molecule has 0 atom stereocenters. The zero-order chi connectivity index (χ0) is 27.0. The standard InChI is InChI=1S/C33H44N4/c1-11-24-18(5)28(34-22(24)9)15-30-20(7)26(13-3)32(36-30)17-33-27(14-4)21(8)31(37-33)16-29-19(6)25(12-2)23(10)35-29/h15-16,34-35H,11-14,17H2,1-10H3/b30-15-,31-16+. The number of nitrogens with one attached hydrogen (secondary N) is 2. The van der Waals surface area contributed by atoms with Crippen molar-refractivity contribution in [2.75, 3.05) is 0 Å². The Morgan fingerprint density at radius 3 is 1.24 bits per heavy atom. The quantitative estimate of drug-likeness (QED) is 0.367. The minimum atomic E-state index is 0.779. The molecule has 2 aromatic heterocycles. The summed E-state index contributed by atoms with van der Waals surface area (Å²) in [4.78, 5) is 17.5. The zero-order valence-corrected chi connectivity index (χ0v) is 24.6. The molecule has 196 valence electrons. The highest BCUT2D eigenvalue weighted by molar-refractivity contribution is 6.21. The van der Waals surface area contributed by atoms with Gasteiger partial charge in [0.25, 0.3) is 0 Å². The van der Waals surface area contributed by atoms with Crippen LogP contribution in [0, 0.1) is 27.7 Å². The first-order valence-corrected chi connectivity index (χ1v) is 14.0. The molecule has 0 amide bonds. The lowest BCUT2D eigenvalue weighted by molar-refractivity contribution is 1.08. The number of aliphatic imine (C=N–C) groups is 2. The third-order valence-corrected chi connectivity index (χ3v) is 8.46. The van der Waals surface area contributed by atoms with E-state index < -0.39 is 0 Å². The number of hydrogen-bond acceptors (Lipinski definition) is 2. The Hall–Kier alpha value is -3.14. The van der Waals surface area contributed by atoms with Gasteiger partial charge in [0.2, 0.25) is 0 Å². The molecule has 0 aromatic carbocycles. The minimum Gasteiger partial charge on any atom is -0.359 e. The molecule has 0 saturated carbocycles. The summed E-state index contributed by atoms with van der Waals surface area (Å²) in [6, 6.07) is 0. The molecule has 4 heteroatoms. The Morgan fingerprint density at radius 2 is 0.946 bits per heavy atom. The van der Waals surface area contributed by atoms with Crippen LogP contribution < -0.4 is 0 Å². The molecule has 2 aliphatic heterocycles. The predicted octanol–water partition coefficient (Wildman–Crippen LogP) is 8.84. The molecule has 0 fully saturated rings. The van der Waals surface area contributed by atoms with Crippen LogP contribution >= 0.6 is 0 Å². The number of allylic oxidation sites excluding steroid dienone is 4. The molecule has 37 heavy (non-hydrogen) atoms. The first-order valence-electron chi connectivity index (χ1n) is 14.0. The van der Waals surface area contributed by atoms with Crippen LogP contribution in [0.2, 0.25) is 0 Å². The van der Waals surface area contributed by atoms with Crippen molar-refractivity contribution in [1.82, 2.24) is 9.97 Å². The summed E-state index contributed by atoms with van der Waals surface area (Å²) in [6.07, 6.45) is 9.31. The molecule has 0 aliphatic carbocycles. The van der Waals surface area contributed by atoms with Gasteiger partial charge in [-0.2, -0.15) is 0 Å². The molecule has 0 radical (unpaired) electrons. The van der Waals surface area contributed by atoms with Crippen LogP contribution in [-0.4, -0.2) is 21.4 Å². The highest BCUT2D eigenvalue weighted by atomic mass is 14.8. The SMILES string of the molecule is CCC1=C(C)/C(=C/c2[nH]c(C)c(CC)c2C)N=C1CC1=N/C(=C/c2[nH]c(C)c(CC)c2C)C(C)=C1CC. The van der Waals surface area contributed by atoms with Gasteiger partial charge in [-0.05, 0) is 124 Å². The lowest BCUT2D eigenvalue weighted by atomic mass is 9.95. The first-order chi connectivity index (χ1) is 17.6. The largest absolute Gasteiger partial charge is 0.359 e. The maximum absolute atomic E-state index is 5.18. The summed E-state index contributed by atoms with van der Waals surface area (Å²) in [5, 5.41) is 0. The summed E-state index contributed by atoms with van der Waals surface area (Å²) in [5.74, 6) is 0. The third kappa shape index (κ3) is 4.79. The van der Waals surface area contributed by atoms with Crippen molar-refractivity contribution in [2.24, 2.45) is 9.98 Å². The Morgan fingerprint density at radius 1 is 0.568 bits per heavy atom. The van der Waals surface area contributed by atoms with Crippen molar-refractivity contribution < 1.29 is 0 Å². The van der Waals surface area contributed by atoms with Crippen LogP contribution in [-0.2, 0) is 12.8 Å². The van der Waals surface area contributed by atoms with Gasteiger partial charge in [0.05, 0.1) is 22.8 Å². The Labute approximate surface area is 223 Å². The summed E-state index contributed by atoms with van der Waals surface area (Å²) in [7, 11) is 0. The van der Waals surface area contributed by atoms with Gasteiger partial charge in [0.1, 0.15) is 0 Å². The first kappa shape index (κ1) is 26.9. The number of hydrogen-bond donors (Lipinski definition) is 2. The van der Waals surface area contributed by atoms with Gasteiger partial charge in [-0.3, -0.25) is 9.98 Å². The van der Waals surface area contributed by atoms with Crippen LogP contribution in [0.5, 0.6) is 0 Å². The van der Waals surface area contributed by atoms with E-state index in [0.717, 1.165) is 43.5 Å². The van der Waals surface area contributed by atoms with Gasteiger partial charge in [-0.25, -0.2) is 0 Å². The highest BCUT2D eigenvalue weighted by Gasteiger charge is 2.26. The van der Waals surface area contributed by atoms with E-state index >= 15 is 0 Å². The van der Waals surface area contributed by atoms with Crippen LogP contribution in [0.3, 0.4) is 0 Å². The van der Waals surface area contributed by atoms with E-state index in [1.54, 1.807) is 0 Å². The Balaban J connectivity index is 1.70. The van der Waals surface area contributed by atoms with Crippen LogP contribution in [0.15, 0.2) is 43.7 Å². The zero-order valence-electron chi connectivity index (χ0n) is 24.6. The normalized spacial score (nSPS) is 18.2. The van der Waals surface area contributed by atoms with Crippen LogP contribution in [0.25, 0.3) is 12.2 Å². The van der Waals surface area contributed by atoms with Crippen molar-refractivity contribution in [1.29, 1.82) is 0 Å². The lowest BCUT2D eigenvalue weighted by Gasteiger charge is -2.08. The molecule has 4 nitrogen and oxygen atoms in total. The van der Waals surface area contributed by atoms with Gasteiger partial charge in [0, 0.05) is 29.2 Å².